The van der Waals surface area contributed by atoms with Gasteiger partial charge in [-0.15, -0.1) is 0 Å². The molecule has 2 N–H and O–H groups in total. The van der Waals surface area contributed by atoms with Crippen molar-refractivity contribution in [2.24, 2.45) is 5.92 Å². The SMILES string of the molecule is CCc1ccc(NC(=O)CN2NC3c4cc(F)ccc4N(Cc4ccc(F)cc4)CC3C2=O)cc1. The highest BCUT2D eigenvalue weighted by molar-refractivity contribution is 5.95. The standard InChI is InChI=1S/C27H26F2N4O2/c1-2-17-5-10-21(11-6-17)30-25(34)16-33-27(35)23-15-32(14-18-3-7-19(28)8-4-18)24-12-9-20(29)13-22(24)26(23)31-33/h3-13,23,26,31H,2,14-16H2,1H3,(H,30,34). The summed E-state index contributed by atoms with van der Waals surface area (Å²) in [4.78, 5) is 27.9. The molecular weight excluding hydrogens is 450 g/mol. The Labute approximate surface area is 202 Å². The summed E-state index contributed by atoms with van der Waals surface area (Å²) in [7, 11) is 0. The predicted octanol–water partition coefficient (Wildman–Crippen LogP) is 4.19. The molecule has 2 atom stereocenters. The normalized spacial score (nSPS) is 18.9. The van der Waals surface area contributed by atoms with Crippen molar-refractivity contribution in [1.29, 1.82) is 0 Å². The van der Waals surface area contributed by atoms with E-state index >= 15 is 0 Å². The Bertz CT molecular complexity index is 1250. The van der Waals surface area contributed by atoms with Gasteiger partial charge in [0.1, 0.15) is 18.2 Å². The monoisotopic (exact) mass is 476 g/mol. The highest BCUT2D eigenvalue weighted by atomic mass is 19.1. The Morgan fingerprint density at radius 2 is 1.69 bits per heavy atom. The van der Waals surface area contributed by atoms with Crippen LogP contribution in [0, 0.1) is 17.6 Å². The van der Waals surface area contributed by atoms with Gasteiger partial charge in [0.05, 0.1) is 12.0 Å². The first-order chi connectivity index (χ1) is 16.9. The number of hydrogen-bond acceptors (Lipinski definition) is 4. The average molecular weight is 477 g/mol. The summed E-state index contributed by atoms with van der Waals surface area (Å²) >= 11 is 0. The molecule has 2 aliphatic heterocycles. The molecule has 1 saturated heterocycles. The van der Waals surface area contributed by atoms with E-state index in [0.717, 1.165) is 17.7 Å². The van der Waals surface area contributed by atoms with Crippen molar-refractivity contribution in [2.45, 2.75) is 25.9 Å². The molecule has 2 amide bonds. The number of anilines is 2. The Kier molecular flexibility index (Phi) is 6.21. The van der Waals surface area contributed by atoms with Crippen LogP contribution in [0.25, 0.3) is 0 Å². The fourth-order valence-corrected chi connectivity index (χ4v) is 4.78. The van der Waals surface area contributed by atoms with Crippen molar-refractivity contribution in [3.8, 4) is 0 Å². The summed E-state index contributed by atoms with van der Waals surface area (Å²) < 4.78 is 27.5. The molecule has 0 saturated carbocycles. The van der Waals surface area contributed by atoms with Crippen LogP contribution < -0.4 is 15.6 Å². The lowest BCUT2D eigenvalue weighted by atomic mass is 9.88. The summed E-state index contributed by atoms with van der Waals surface area (Å²) in [6.07, 6.45) is 0.906. The summed E-state index contributed by atoms with van der Waals surface area (Å²) in [5.41, 5.74) is 7.31. The van der Waals surface area contributed by atoms with Gasteiger partial charge in [-0.2, -0.15) is 0 Å². The molecule has 35 heavy (non-hydrogen) atoms. The van der Waals surface area contributed by atoms with Crippen LogP contribution in [0.2, 0.25) is 0 Å². The first kappa shape index (κ1) is 23.0. The van der Waals surface area contributed by atoms with Crippen LogP contribution in [0.15, 0.2) is 66.7 Å². The molecule has 0 radical (unpaired) electrons. The zero-order valence-electron chi connectivity index (χ0n) is 19.3. The van der Waals surface area contributed by atoms with Gasteiger partial charge in [-0.1, -0.05) is 31.2 Å². The third-order valence-corrected chi connectivity index (χ3v) is 6.60. The maximum absolute atomic E-state index is 14.2. The topological polar surface area (TPSA) is 64.7 Å². The second kappa shape index (κ2) is 9.46. The number of halogens is 2. The molecule has 0 spiro atoms. The summed E-state index contributed by atoms with van der Waals surface area (Å²) in [6, 6.07) is 17.8. The van der Waals surface area contributed by atoms with Gasteiger partial charge in [0.2, 0.25) is 11.8 Å². The molecule has 2 aliphatic rings. The number of hydrazine groups is 1. The third kappa shape index (κ3) is 4.74. The smallest absolute Gasteiger partial charge is 0.245 e. The second-order valence-corrected chi connectivity index (χ2v) is 8.95. The molecule has 3 aromatic rings. The molecular formula is C27H26F2N4O2. The zero-order valence-corrected chi connectivity index (χ0v) is 19.3. The number of fused-ring (bicyclic) bond motifs is 3. The van der Waals surface area contributed by atoms with E-state index < -0.39 is 17.8 Å². The lowest BCUT2D eigenvalue weighted by molar-refractivity contribution is -0.135. The lowest BCUT2D eigenvalue weighted by Gasteiger charge is -2.36. The van der Waals surface area contributed by atoms with E-state index in [1.165, 1.54) is 34.8 Å². The fourth-order valence-electron chi connectivity index (χ4n) is 4.78. The van der Waals surface area contributed by atoms with Gasteiger partial charge in [0.15, 0.2) is 0 Å². The molecule has 8 heteroatoms. The van der Waals surface area contributed by atoms with Crippen molar-refractivity contribution in [2.75, 3.05) is 23.3 Å². The number of benzene rings is 3. The first-order valence-corrected chi connectivity index (χ1v) is 11.7. The van der Waals surface area contributed by atoms with Crippen molar-refractivity contribution in [1.82, 2.24) is 10.4 Å². The van der Waals surface area contributed by atoms with Crippen LogP contribution in [0.4, 0.5) is 20.2 Å². The van der Waals surface area contributed by atoms with Crippen LogP contribution >= 0.6 is 0 Å². The van der Waals surface area contributed by atoms with Crippen LogP contribution in [0.3, 0.4) is 0 Å². The van der Waals surface area contributed by atoms with E-state index in [4.69, 9.17) is 0 Å². The number of nitrogens with zero attached hydrogens (tertiary/aromatic N) is 2. The van der Waals surface area contributed by atoms with Crippen molar-refractivity contribution < 1.29 is 18.4 Å². The minimum atomic E-state index is -0.485. The van der Waals surface area contributed by atoms with Crippen LogP contribution in [0.5, 0.6) is 0 Å². The summed E-state index contributed by atoms with van der Waals surface area (Å²) in [6.45, 7) is 2.74. The highest BCUT2D eigenvalue weighted by Gasteiger charge is 2.46. The fraction of sp³-hybridized carbons (Fsp3) is 0.259. The number of aryl methyl sites for hydroxylation is 1. The molecule has 2 unspecified atom stereocenters. The average Bonchev–Trinajstić information content (AvgIpc) is 3.16. The molecule has 180 valence electrons. The minimum Gasteiger partial charge on any atom is -0.366 e. The number of amides is 2. The third-order valence-electron chi connectivity index (χ3n) is 6.60. The second-order valence-electron chi connectivity index (χ2n) is 8.95. The number of rotatable bonds is 6. The van der Waals surface area contributed by atoms with Gasteiger partial charge in [0, 0.05) is 24.5 Å². The van der Waals surface area contributed by atoms with Gasteiger partial charge < -0.3 is 10.2 Å². The first-order valence-electron chi connectivity index (χ1n) is 11.7. The predicted molar refractivity (Wildman–Crippen MR) is 129 cm³/mol. The summed E-state index contributed by atoms with van der Waals surface area (Å²) in [5.74, 6) is -1.74. The molecule has 5 rings (SSSR count). The van der Waals surface area contributed by atoms with Crippen molar-refractivity contribution in [3.63, 3.8) is 0 Å². The molecule has 1 fully saturated rings. The molecule has 0 bridgehead atoms. The number of carbonyl (C=O) groups is 2. The lowest BCUT2D eigenvalue weighted by Crippen LogP contribution is -2.41. The highest BCUT2D eigenvalue weighted by Crippen LogP contribution is 2.42. The molecule has 0 aromatic heterocycles. The van der Waals surface area contributed by atoms with Crippen LogP contribution in [-0.4, -0.2) is 29.9 Å². The van der Waals surface area contributed by atoms with Crippen molar-refractivity contribution >= 4 is 23.2 Å². The minimum absolute atomic E-state index is 0.163. The quantitative estimate of drug-likeness (QED) is 0.560. The van der Waals surface area contributed by atoms with E-state index in [1.807, 2.05) is 29.2 Å². The van der Waals surface area contributed by atoms with E-state index in [9.17, 15) is 18.4 Å². The van der Waals surface area contributed by atoms with E-state index in [-0.39, 0.29) is 24.2 Å². The summed E-state index contributed by atoms with van der Waals surface area (Å²) in [5, 5.41) is 4.14. The van der Waals surface area contributed by atoms with Gasteiger partial charge in [-0.05, 0) is 65.6 Å². The van der Waals surface area contributed by atoms with E-state index in [0.29, 0.717) is 24.3 Å². The maximum atomic E-state index is 14.2. The number of nitrogens with one attached hydrogen (secondary N) is 2. The Balaban J connectivity index is 1.33. The Morgan fingerprint density at radius 1 is 1.00 bits per heavy atom. The molecule has 3 aromatic carbocycles. The Morgan fingerprint density at radius 3 is 2.40 bits per heavy atom. The van der Waals surface area contributed by atoms with Gasteiger partial charge >= 0.3 is 0 Å². The zero-order chi connectivity index (χ0) is 24.5. The maximum Gasteiger partial charge on any atom is 0.245 e. The van der Waals surface area contributed by atoms with Gasteiger partial charge in [-0.3, -0.25) is 14.6 Å². The van der Waals surface area contributed by atoms with E-state index in [2.05, 4.69) is 17.7 Å². The van der Waals surface area contributed by atoms with Gasteiger partial charge in [-0.25, -0.2) is 14.2 Å². The van der Waals surface area contributed by atoms with E-state index in [1.54, 1.807) is 18.2 Å². The number of carbonyl (C=O) groups excluding carboxylic acids is 2. The molecule has 0 aliphatic carbocycles. The van der Waals surface area contributed by atoms with Crippen molar-refractivity contribution in [3.05, 3.63) is 95.1 Å². The number of hydrogen-bond donors (Lipinski definition) is 2. The van der Waals surface area contributed by atoms with Gasteiger partial charge in [0.25, 0.3) is 0 Å². The van der Waals surface area contributed by atoms with Crippen LogP contribution in [-0.2, 0) is 22.6 Å². The molecule has 2 heterocycles. The molecule has 6 nitrogen and oxygen atoms in total. The Hall–Kier alpha value is -3.78. The largest absolute Gasteiger partial charge is 0.366 e. The van der Waals surface area contributed by atoms with Crippen LogP contribution in [0.1, 0.15) is 29.7 Å².